The number of nitrogens with zero attached hydrogens (tertiary/aromatic N) is 2. The number of methoxy groups -OCH3 is 1. The molecule has 0 aliphatic carbocycles. The van der Waals surface area contributed by atoms with Crippen molar-refractivity contribution < 1.29 is 14.5 Å². The average Bonchev–Trinajstić information content (AvgIpc) is 2.43. The van der Waals surface area contributed by atoms with E-state index in [0.717, 1.165) is 12.1 Å². The van der Waals surface area contributed by atoms with Crippen LogP contribution in [0.4, 0.5) is 11.4 Å². The summed E-state index contributed by atoms with van der Waals surface area (Å²) in [5, 5.41) is 10.9. The molecule has 0 N–H and O–H groups in total. The molecule has 0 saturated heterocycles. The molecule has 1 aromatic carbocycles. The normalized spacial score (nSPS) is 11.8. The van der Waals surface area contributed by atoms with Crippen molar-refractivity contribution in [3.63, 3.8) is 0 Å². The van der Waals surface area contributed by atoms with Crippen molar-refractivity contribution in [1.82, 2.24) is 0 Å². The first-order chi connectivity index (χ1) is 8.92. The Kier molecular flexibility index (Phi) is 4.86. The van der Waals surface area contributed by atoms with Crippen LogP contribution in [0.15, 0.2) is 18.2 Å². The number of nitro groups is 1. The lowest BCUT2D eigenvalue weighted by Gasteiger charge is -2.26. The highest BCUT2D eigenvalue weighted by molar-refractivity contribution is 5.95. The van der Waals surface area contributed by atoms with Crippen molar-refractivity contribution in [3.05, 3.63) is 33.9 Å². The van der Waals surface area contributed by atoms with Gasteiger partial charge in [-0.15, -0.1) is 0 Å². The number of rotatable bonds is 5. The summed E-state index contributed by atoms with van der Waals surface area (Å²) in [5.74, 6) is -0.703. The van der Waals surface area contributed by atoms with Crippen LogP contribution in [0, 0.1) is 10.1 Å². The van der Waals surface area contributed by atoms with Crippen LogP contribution in [0.25, 0.3) is 0 Å². The molecule has 0 bridgehead atoms. The molecule has 1 atom stereocenters. The molecule has 0 fully saturated rings. The van der Waals surface area contributed by atoms with Crippen LogP contribution in [0.3, 0.4) is 0 Å². The van der Waals surface area contributed by atoms with Crippen molar-refractivity contribution in [1.29, 1.82) is 0 Å². The summed E-state index contributed by atoms with van der Waals surface area (Å²) in [4.78, 5) is 23.9. The fourth-order valence-corrected chi connectivity index (χ4v) is 1.70. The second kappa shape index (κ2) is 6.17. The number of hydrogen-bond donors (Lipinski definition) is 0. The Morgan fingerprint density at radius 3 is 2.63 bits per heavy atom. The molecule has 1 unspecified atom stereocenters. The third-order valence-corrected chi connectivity index (χ3v) is 3.24. The Morgan fingerprint density at radius 1 is 1.53 bits per heavy atom. The van der Waals surface area contributed by atoms with Gasteiger partial charge < -0.3 is 9.64 Å². The molecule has 0 spiro atoms. The van der Waals surface area contributed by atoms with Gasteiger partial charge in [0.05, 0.1) is 12.0 Å². The van der Waals surface area contributed by atoms with E-state index in [4.69, 9.17) is 0 Å². The van der Waals surface area contributed by atoms with Crippen LogP contribution in [-0.2, 0) is 4.74 Å². The van der Waals surface area contributed by atoms with Crippen molar-refractivity contribution in [2.75, 3.05) is 19.1 Å². The smallest absolute Gasteiger partial charge is 0.344 e. The number of esters is 1. The van der Waals surface area contributed by atoms with E-state index in [9.17, 15) is 14.9 Å². The highest BCUT2D eigenvalue weighted by atomic mass is 16.6. The first-order valence-corrected chi connectivity index (χ1v) is 6.02. The minimum Gasteiger partial charge on any atom is -0.465 e. The molecular formula is C13H18N2O4. The monoisotopic (exact) mass is 266 g/mol. The first-order valence-electron chi connectivity index (χ1n) is 6.02. The lowest BCUT2D eigenvalue weighted by Crippen LogP contribution is -2.28. The largest absolute Gasteiger partial charge is 0.465 e. The van der Waals surface area contributed by atoms with Gasteiger partial charge in [-0.25, -0.2) is 4.79 Å². The summed E-state index contributed by atoms with van der Waals surface area (Å²) < 4.78 is 4.59. The second-order valence-electron chi connectivity index (χ2n) is 4.32. The molecule has 0 aromatic heterocycles. The van der Waals surface area contributed by atoms with Crippen LogP contribution in [-0.4, -0.2) is 31.1 Å². The molecule has 0 aliphatic heterocycles. The van der Waals surface area contributed by atoms with E-state index in [-0.39, 0.29) is 17.3 Å². The van der Waals surface area contributed by atoms with Crippen LogP contribution in [0.2, 0.25) is 0 Å². The summed E-state index contributed by atoms with van der Waals surface area (Å²) in [5.41, 5.74) is 0.480. The fraction of sp³-hybridized carbons (Fsp3) is 0.462. The molecule has 104 valence electrons. The number of benzene rings is 1. The Morgan fingerprint density at radius 2 is 2.16 bits per heavy atom. The van der Waals surface area contributed by atoms with Crippen LogP contribution < -0.4 is 4.90 Å². The summed E-state index contributed by atoms with van der Waals surface area (Å²) in [7, 11) is 3.09. The second-order valence-corrected chi connectivity index (χ2v) is 4.32. The molecule has 1 aromatic rings. The Hall–Kier alpha value is -2.11. The van der Waals surface area contributed by atoms with E-state index in [1.54, 1.807) is 6.07 Å². The fourth-order valence-electron chi connectivity index (χ4n) is 1.70. The summed E-state index contributed by atoms with van der Waals surface area (Å²) >= 11 is 0. The maximum absolute atomic E-state index is 11.6. The zero-order valence-electron chi connectivity index (χ0n) is 11.5. The number of ether oxygens (including phenoxy) is 1. The molecule has 0 aliphatic rings. The number of carbonyl (C=O) groups excluding carboxylic acids is 1. The van der Waals surface area contributed by atoms with E-state index in [1.807, 2.05) is 25.8 Å². The zero-order chi connectivity index (χ0) is 14.6. The Bertz CT molecular complexity index is 488. The first kappa shape index (κ1) is 14.9. The summed E-state index contributed by atoms with van der Waals surface area (Å²) in [6.45, 7) is 4.09. The van der Waals surface area contributed by atoms with E-state index < -0.39 is 10.9 Å². The number of nitro benzene ring substituents is 1. The van der Waals surface area contributed by atoms with Gasteiger partial charge in [0, 0.05) is 24.8 Å². The zero-order valence-corrected chi connectivity index (χ0v) is 11.5. The average molecular weight is 266 g/mol. The molecule has 6 nitrogen and oxygen atoms in total. The van der Waals surface area contributed by atoms with Crippen molar-refractivity contribution in [2.24, 2.45) is 0 Å². The van der Waals surface area contributed by atoms with E-state index >= 15 is 0 Å². The predicted molar refractivity (Wildman–Crippen MR) is 72.6 cm³/mol. The molecular weight excluding hydrogens is 248 g/mol. The molecule has 0 saturated carbocycles. The van der Waals surface area contributed by atoms with E-state index in [2.05, 4.69) is 4.74 Å². The molecule has 0 amide bonds. The van der Waals surface area contributed by atoms with Gasteiger partial charge in [0.25, 0.3) is 5.69 Å². The van der Waals surface area contributed by atoms with E-state index in [1.165, 1.54) is 19.2 Å². The van der Waals surface area contributed by atoms with Gasteiger partial charge in [-0.1, -0.05) is 6.92 Å². The van der Waals surface area contributed by atoms with Gasteiger partial charge >= 0.3 is 5.97 Å². The minimum atomic E-state index is -0.703. The summed E-state index contributed by atoms with van der Waals surface area (Å²) in [6.07, 6.45) is 0.932. The third-order valence-electron chi connectivity index (χ3n) is 3.24. The van der Waals surface area contributed by atoms with Crippen LogP contribution in [0.5, 0.6) is 0 Å². The molecule has 6 heteroatoms. The lowest BCUT2D eigenvalue weighted by molar-refractivity contribution is -0.385. The van der Waals surface area contributed by atoms with Gasteiger partial charge in [-0.3, -0.25) is 10.1 Å². The third kappa shape index (κ3) is 3.21. The van der Waals surface area contributed by atoms with Crippen LogP contribution >= 0.6 is 0 Å². The SMILES string of the molecule is CCC(C)N(C)c1ccc([N+](=O)[O-])c(C(=O)OC)c1. The number of hydrogen-bond acceptors (Lipinski definition) is 5. The Labute approximate surface area is 112 Å². The van der Waals surface area contributed by atoms with Crippen LogP contribution in [0.1, 0.15) is 30.6 Å². The molecule has 1 rings (SSSR count). The van der Waals surface area contributed by atoms with Gasteiger partial charge in [0.15, 0.2) is 0 Å². The molecule has 0 heterocycles. The Balaban J connectivity index is 3.25. The lowest BCUT2D eigenvalue weighted by atomic mass is 10.1. The molecule has 19 heavy (non-hydrogen) atoms. The van der Waals surface area contributed by atoms with Gasteiger partial charge in [-0.05, 0) is 25.5 Å². The van der Waals surface area contributed by atoms with E-state index in [0.29, 0.717) is 0 Å². The maximum atomic E-state index is 11.6. The maximum Gasteiger partial charge on any atom is 0.344 e. The van der Waals surface area contributed by atoms with Crippen molar-refractivity contribution in [2.45, 2.75) is 26.3 Å². The predicted octanol–water partition coefficient (Wildman–Crippen LogP) is 2.62. The quantitative estimate of drug-likeness (QED) is 0.465. The molecule has 0 radical (unpaired) electrons. The number of anilines is 1. The highest BCUT2D eigenvalue weighted by Crippen LogP contribution is 2.26. The van der Waals surface area contributed by atoms with Gasteiger partial charge in [0.2, 0.25) is 0 Å². The van der Waals surface area contributed by atoms with Crippen molar-refractivity contribution in [3.8, 4) is 0 Å². The number of carbonyl (C=O) groups is 1. The highest BCUT2D eigenvalue weighted by Gasteiger charge is 2.22. The standard InChI is InChI=1S/C13H18N2O4/c1-5-9(2)14(3)10-6-7-12(15(17)18)11(8-10)13(16)19-4/h6-9H,5H2,1-4H3. The minimum absolute atomic E-state index is 0.0276. The van der Waals surface area contributed by atoms with Gasteiger partial charge in [0.1, 0.15) is 5.56 Å². The summed E-state index contributed by atoms with van der Waals surface area (Å²) in [6, 6.07) is 4.74. The van der Waals surface area contributed by atoms with Crippen molar-refractivity contribution >= 4 is 17.3 Å². The van der Waals surface area contributed by atoms with Gasteiger partial charge in [-0.2, -0.15) is 0 Å². The topological polar surface area (TPSA) is 72.7 Å².